The Morgan fingerprint density at radius 1 is 1.00 bits per heavy atom. The normalized spacial score (nSPS) is 15.2. The monoisotopic (exact) mass is 456 g/mol. The standard InChI is InChI=1S/C27H28N4O3/c1-28-15-16-30(2)26(33)21-13-14-23-22(17-21)29-25(32)18-24(19-9-5-3-6-10-19)31(23)27(34)20-11-7-4-8-12-20/h3-14,17,24,28H,15-16,18H2,1-2H3,(H,29,32). The molecule has 1 atom stereocenters. The third kappa shape index (κ3) is 4.84. The van der Waals surface area contributed by atoms with Crippen LogP contribution in [0.15, 0.2) is 78.9 Å². The summed E-state index contributed by atoms with van der Waals surface area (Å²) < 4.78 is 0. The molecule has 0 aromatic heterocycles. The number of carbonyl (C=O) groups is 3. The van der Waals surface area contributed by atoms with Gasteiger partial charge >= 0.3 is 0 Å². The summed E-state index contributed by atoms with van der Waals surface area (Å²) in [4.78, 5) is 42.9. The number of nitrogens with one attached hydrogen (secondary N) is 2. The molecule has 174 valence electrons. The average molecular weight is 457 g/mol. The molecular weight excluding hydrogens is 428 g/mol. The molecule has 0 radical (unpaired) electrons. The maximum absolute atomic E-state index is 13.8. The van der Waals surface area contributed by atoms with Gasteiger partial charge < -0.3 is 15.5 Å². The lowest BCUT2D eigenvalue weighted by Crippen LogP contribution is -2.35. The van der Waals surface area contributed by atoms with E-state index in [1.165, 1.54) is 0 Å². The topological polar surface area (TPSA) is 81.8 Å². The summed E-state index contributed by atoms with van der Waals surface area (Å²) in [6.45, 7) is 1.22. The van der Waals surface area contributed by atoms with E-state index in [2.05, 4.69) is 10.6 Å². The largest absolute Gasteiger partial charge is 0.340 e. The number of anilines is 2. The smallest absolute Gasteiger partial charge is 0.258 e. The Kier molecular flexibility index (Phi) is 7.04. The Bertz CT molecular complexity index is 1180. The molecule has 3 aromatic carbocycles. The van der Waals surface area contributed by atoms with Crippen LogP contribution in [-0.2, 0) is 4.79 Å². The first-order valence-electron chi connectivity index (χ1n) is 11.3. The molecule has 34 heavy (non-hydrogen) atoms. The third-order valence-corrected chi connectivity index (χ3v) is 5.94. The number of hydrogen-bond acceptors (Lipinski definition) is 4. The van der Waals surface area contributed by atoms with Gasteiger partial charge in [-0.15, -0.1) is 0 Å². The number of fused-ring (bicyclic) bond motifs is 1. The fourth-order valence-corrected chi connectivity index (χ4v) is 4.13. The lowest BCUT2D eigenvalue weighted by molar-refractivity contribution is -0.116. The zero-order valence-electron chi connectivity index (χ0n) is 19.3. The molecule has 0 fully saturated rings. The van der Waals surface area contributed by atoms with Crippen molar-refractivity contribution in [2.45, 2.75) is 12.5 Å². The van der Waals surface area contributed by atoms with E-state index in [0.717, 1.165) is 5.56 Å². The number of likely N-dealkylation sites (N-methyl/N-ethyl adjacent to an activating group) is 2. The Morgan fingerprint density at radius 3 is 2.35 bits per heavy atom. The fraction of sp³-hybridized carbons (Fsp3) is 0.222. The zero-order valence-corrected chi connectivity index (χ0v) is 19.3. The molecule has 1 aliphatic heterocycles. The van der Waals surface area contributed by atoms with Crippen molar-refractivity contribution in [2.75, 3.05) is 37.4 Å². The molecule has 1 heterocycles. The maximum Gasteiger partial charge on any atom is 0.258 e. The number of benzene rings is 3. The van der Waals surface area contributed by atoms with Gasteiger partial charge in [0.1, 0.15) is 0 Å². The van der Waals surface area contributed by atoms with Gasteiger partial charge in [0.2, 0.25) is 5.91 Å². The van der Waals surface area contributed by atoms with Gasteiger partial charge in [0, 0.05) is 31.3 Å². The van der Waals surface area contributed by atoms with Crippen LogP contribution in [0.25, 0.3) is 0 Å². The van der Waals surface area contributed by atoms with Gasteiger partial charge in [-0.3, -0.25) is 19.3 Å². The van der Waals surface area contributed by atoms with Crippen molar-refractivity contribution in [1.29, 1.82) is 0 Å². The van der Waals surface area contributed by atoms with E-state index in [1.54, 1.807) is 47.2 Å². The second-order valence-corrected chi connectivity index (χ2v) is 8.28. The predicted molar refractivity (Wildman–Crippen MR) is 133 cm³/mol. The predicted octanol–water partition coefficient (Wildman–Crippen LogP) is 3.71. The molecule has 4 rings (SSSR count). The summed E-state index contributed by atoms with van der Waals surface area (Å²) >= 11 is 0. The van der Waals surface area contributed by atoms with Crippen molar-refractivity contribution in [2.24, 2.45) is 0 Å². The first-order chi connectivity index (χ1) is 16.5. The number of amides is 3. The average Bonchev–Trinajstić information content (AvgIpc) is 3.02. The van der Waals surface area contributed by atoms with E-state index in [0.29, 0.717) is 35.6 Å². The maximum atomic E-state index is 13.8. The molecular formula is C27H28N4O3. The van der Waals surface area contributed by atoms with Crippen LogP contribution in [0.1, 0.15) is 38.7 Å². The van der Waals surface area contributed by atoms with Crippen LogP contribution in [0, 0.1) is 0 Å². The minimum atomic E-state index is -0.491. The summed E-state index contributed by atoms with van der Waals surface area (Å²) in [7, 11) is 3.57. The lowest BCUT2D eigenvalue weighted by Gasteiger charge is -2.31. The highest BCUT2D eigenvalue weighted by Crippen LogP contribution is 2.39. The molecule has 3 aromatic rings. The van der Waals surface area contributed by atoms with E-state index in [1.807, 2.05) is 55.6 Å². The van der Waals surface area contributed by atoms with Crippen LogP contribution in [0.4, 0.5) is 11.4 Å². The van der Waals surface area contributed by atoms with Crippen molar-refractivity contribution >= 4 is 29.1 Å². The minimum absolute atomic E-state index is 0.0998. The second kappa shape index (κ2) is 10.3. The molecule has 1 aliphatic rings. The lowest BCUT2D eigenvalue weighted by atomic mass is 10.00. The van der Waals surface area contributed by atoms with E-state index in [-0.39, 0.29) is 24.1 Å². The van der Waals surface area contributed by atoms with E-state index in [9.17, 15) is 14.4 Å². The van der Waals surface area contributed by atoms with Gasteiger partial charge in [-0.25, -0.2) is 0 Å². The first kappa shape index (κ1) is 23.2. The molecule has 0 saturated carbocycles. The molecule has 7 heteroatoms. The van der Waals surface area contributed by atoms with Crippen LogP contribution < -0.4 is 15.5 Å². The Hall–Kier alpha value is -3.97. The summed E-state index contributed by atoms with van der Waals surface area (Å²) in [5, 5.41) is 5.95. The van der Waals surface area contributed by atoms with Crippen molar-refractivity contribution in [3.05, 3.63) is 95.6 Å². The third-order valence-electron chi connectivity index (χ3n) is 5.94. The molecule has 0 spiro atoms. The Morgan fingerprint density at radius 2 is 1.68 bits per heavy atom. The second-order valence-electron chi connectivity index (χ2n) is 8.28. The highest BCUT2D eigenvalue weighted by molar-refractivity contribution is 6.12. The van der Waals surface area contributed by atoms with Gasteiger partial charge in [-0.1, -0.05) is 48.5 Å². The zero-order chi connectivity index (χ0) is 24.1. The Labute approximate surface area is 199 Å². The molecule has 1 unspecified atom stereocenters. The summed E-state index contributed by atoms with van der Waals surface area (Å²) in [6.07, 6.45) is 0.0998. The van der Waals surface area contributed by atoms with Crippen molar-refractivity contribution in [3.63, 3.8) is 0 Å². The summed E-state index contributed by atoms with van der Waals surface area (Å²) in [6, 6.07) is 23.2. The highest BCUT2D eigenvalue weighted by Gasteiger charge is 2.34. The van der Waals surface area contributed by atoms with Gasteiger partial charge in [0.05, 0.1) is 23.8 Å². The Balaban J connectivity index is 1.80. The van der Waals surface area contributed by atoms with Crippen LogP contribution in [0.2, 0.25) is 0 Å². The summed E-state index contributed by atoms with van der Waals surface area (Å²) in [5.74, 6) is -0.582. The summed E-state index contributed by atoms with van der Waals surface area (Å²) in [5.41, 5.74) is 2.84. The molecule has 0 aliphatic carbocycles. The first-order valence-corrected chi connectivity index (χ1v) is 11.3. The van der Waals surface area contributed by atoms with E-state index in [4.69, 9.17) is 0 Å². The number of carbonyl (C=O) groups excluding carboxylic acids is 3. The van der Waals surface area contributed by atoms with Gasteiger partial charge in [0.25, 0.3) is 11.8 Å². The molecule has 0 saturated heterocycles. The van der Waals surface area contributed by atoms with Crippen LogP contribution in [0.3, 0.4) is 0 Å². The minimum Gasteiger partial charge on any atom is -0.340 e. The van der Waals surface area contributed by atoms with E-state index < -0.39 is 6.04 Å². The molecule has 2 N–H and O–H groups in total. The number of hydrogen-bond donors (Lipinski definition) is 2. The number of nitrogens with zero attached hydrogens (tertiary/aromatic N) is 2. The number of rotatable bonds is 6. The quantitative estimate of drug-likeness (QED) is 0.593. The van der Waals surface area contributed by atoms with Crippen LogP contribution in [-0.4, -0.2) is 49.8 Å². The van der Waals surface area contributed by atoms with Crippen LogP contribution >= 0.6 is 0 Å². The van der Waals surface area contributed by atoms with Crippen LogP contribution in [0.5, 0.6) is 0 Å². The SMILES string of the molecule is CNCCN(C)C(=O)c1ccc2c(c1)NC(=O)CC(c1ccccc1)N2C(=O)c1ccccc1. The highest BCUT2D eigenvalue weighted by atomic mass is 16.2. The molecule has 0 bridgehead atoms. The molecule has 7 nitrogen and oxygen atoms in total. The van der Waals surface area contributed by atoms with Crippen molar-refractivity contribution in [3.8, 4) is 0 Å². The molecule has 3 amide bonds. The fourth-order valence-electron chi connectivity index (χ4n) is 4.13. The van der Waals surface area contributed by atoms with Gasteiger partial charge in [0.15, 0.2) is 0 Å². The van der Waals surface area contributed by atoms with Crippen molar-refractivity contribution < 1.29 is 14.4 Å². The van der Waals surface area contributed by atoms with Crippen molar-refractivity contribution in [1.82, 2.24) is 10.2 Å². The van der Waals surface area contributed by atoms with Gasteiger partial charge in [-0.2, -0.15) is 0 Å². The van der Waals surface area contributed by atoms with Gasteiger partial charge in [-0.05, 0) is 42.9 Å². The van der Waals surface area contributed by atoms with E-state index >= 15 is 0 Å².